The fraction of sp³-hybridized carbons (Fsp3) is 0.565. The van der Waals surface area contributed by atoms with Crippen molar-refractivity contribution in [3.05, 3.63) is 35.2 Å². The number of nitrogens with zero attached hydrogens (tertiary/aromatic N) is 7. The molecule has 0 aromatic carbocycles. The monoisotopic (exact) mass is 684 g/mol. The molecule has 0 spiro atoms. The van der Waals surface area contributed by atoms with Crippen LogP contribution in [0.2, 0.25) is 0 Å². The number of aromatic nitrogens is 8. The molecule has 2 bridgehead atoms. The lowest BCUT2D eigenvalue weighted by Crippen LogP contribution is -2.41. The highest BCUT2D eigenvalue weighted by atomic mass is 32.2. The zero-order valence-electron chi connectivity index (χ0n) is 23.9. The molecule has 0 radical (unpaired) electrons. The smallest absolute Gasteiger partial charge is 0.396 e. The van der Waals surface area contributed by atoms with Gasteiger partial charge in [-0.05, 0) is 13.3 Å². The normalized spacial score (nSPS) is 35.0. The van der Waals surface area contributed by atoms with Crippen molar-refractivity contribution in [3.63, 3.8) is 0 Å². The van der Waals surface area contributed by atoms with Crippen LogP contribution in [0.4, 0.5) is 5.82 Å². The van der Waals surface area contributed by atoms with Gasteiger partial charge in [0.2, 0.25) is 0 Å². The molecule has 4 aromatic rings. The summed E-state index contributed by atoms with van der Waals surface area (Å²) in [6.45, 7) is -0.196. The molecule has 4 aromatic heterocycles. The number of aliphatic hydroxyl groups is 2. The largest absolute Gasteiger partial charge is 0.472 e. The number of hydrogen-bond donors (Lipinski definition) is 6. The predicted octanol–water partition coefficient (Wildman–Crippen LogP) is -1.99. The van der Waals surface area contributed by atoms with Crippen molar-refractivity contribution in [2.75, 3.05) is 25.5 Å². The number of rotatable bonds is 3. The number of nitrogens with two attached hydrogens (primary N) is 1. The highest BCUT2D eigenvalue weighted by Crippen LogP contribution is 2.51. The van der Waals surface area contributed by atoms with E-state index in [9.17, 15) is 32.9 Å². The van der Waals surface area contributed by atoms with Gasteiger partial charge < -0.3 is 35.1 Å². The van der Waals surface area contributed by atoms with Crippen molar-refractivity contribution in [2.24, 2.45) is 11.8 Å². The summed E-state index contributed by atoms with van der Waals surface area (Å²) in [4.78, 5) is 46.3. The van der Waals surface area contributed by atoms with Gasteiger partial charge in [-0.15, -0.1) is 0 Å². The van der Waals surface area contributed by atoms with Crippen LogP contribution in [0, 0.1) is 18.8 Å². The molecule has 0 amide bonds. The number of nitrogens with one attached hydrogen (secondary N) is 2. The molecule has 23 heteroatoms. The Hall–Kier alpha value is -3.44. The average Bonchev–Trinajstić information content (AvgIpc) is 3.75. The highest BCUT2D eigenvalue weighted by molar-refractivity contribution is 7.84. The first-order valence-electron chi connectivity index (χ1n) is 14.0. The Labute approximate surface area is 258 Å². The zero-order valence-corrected chi connectivity index (χ0v) is 25.6. The van der Waals surface area contributed by atoms with Gasteiger partial charge >= 0.3 is 18.1 Å². The van der Waals surface area contributed by atoms with Gasteiger partial charge in [0.1, 0.15) is 36.0 Å². The van der Waals surface area contributed by atoms with Gasteiger partial charge in [0.15, 0.2) is 28.9 Å². The van der Waals surface area contributed by atoms with Crippen LogP contribution in [0.1, 0.15) is 24.5 Å². The van der Waals surface area contributed by atoms with E-state index in [2.05, 4.69) is 34.6 Å². The molecule has 9 atom stereocenters. The van der Waals surface area contributed by atoms with E-state index in [1.54, 1.807) is 0 Å². The number of fused-ring (bicyclic) bond motifs is 5. The molecule has 1 saturated carbocycles. The van der Waals surface area contributed by atoms with Gasteiger partial charge in [-0.3, -0.25) is 18.4 Å². The van der Waals surface area contributed by atoms with Crippen LogP contribution in [0.5, 0.6) is 0 Å². The van der Waals surface area contributed by atoms with Gasteiger partial charge in [0.05, 0.1) is 38.0 Å². The van der Waals surface area contributed by atoms with Gasteiger partial charge in [-0.2, -0.15) is 13.1 Å². The molecular weight excluding hydrogens is 655 g/mol. The topological polar surface area (TPSA) is 294 Å². The van der Waals surface area contributed by atoms with Crippen molar-refractivity contribution in [1.82, 2.24) is 43.8 Å². The first kappa shape index (κ1) is 31.2. The average molecular weight is 685 g/mol. The van der Waals surface area contributed by atoms with Crippen molar-refractivity contribution < 1.29 is 46.1 Å². The lowest BCUT2D eigenvalue weighted by Gasteiger charge is -2.26. The number of anilines is 1. The van der Waals surface area contributed by atoms with Gasteiger partial charge in [-0.1, -0.05) is 0 Å². The minimum absolute atomic E-state index is 0.0430. The molecule has 2 saturated heterocycles. The van der Waals surface area contributed by atoms with E-state index in [0.29, 0.717) is 0 Å². The maximum atomic E-state index is 13.4. The third-order valence-corrected chi connectivity index (χ3v) is 10.4. The maximum absolute atomic E-state index is 13.4. The van der Waals surface area contributed by atoms with Crippen LogP contribution >= 0.6 is 7.82 Å². The van der Waals surface area contributed by atoms with E-state index in [1.165, 1.54) is 35.0 Å². The Bertz CT molecular complexity index is 2020. The van der Waals surface area contributed by atoms with Crippen LogP contribution in [0.25, 0.3) is 22.3 Å². The zero-order chi connectivity index (χ0) is 32.5. The molecule has 6 heterocycles. The van der Waals surface area contributed by atoms with Crippen LogP contribution in [0.3, 0.4) is 0 Å². The number of phosphoric acid groups is 1. The van der Waals surface area contributed by atoms with E-state index in [4.69, 9.17) is 23.7 Å². The summed E-state index contributed by atoms with van der Waals surface area (Å²) in [7, 11) is -9.56. The molecule has 7 N–H and O–H groups in total. The standard InChI is InChI=1S/C23H29N10O11PS/c1-9-30-21-15(22(36)31-9)28-8-33(21)23-18-11(4-34)13(42-23)5-41-45(37,38)43-17-10(3-29-46(39,40)44-18)2-12(16(17)35)32-7-27-14-19(24)25-6-26-20(14)32/h6-8,10-13,16-18,23,29,34-35H,2-5H2,1H3,(H,37,38)(H2,24,25,26)(H,30,31,36). The minimum Gasteiger partial charge on any atom is -0.396 e. The molecule has 1 aliphatic carbocycles. The summed E-state index contributed by atoms with van der Waals surface area (Å²) in [5.41, 5.74) is 5.89. The molecule has 3 aliphatic rings. The van der Waals surface area contributed by atoms with Gasteiger partial charge in [0.25, 0.3) is 5.56 Å². The number of H-pyrrole nitrogens is 1. The fourth-order valence-corrected chi connectivity index (χ4v) is 8.31. The highest BCUT2D eigenvalue weighted by Gasteiger charge is 2.52. The first-order valence-corrected chi connectivity index (χ1v) is 16.9. The van der Waals surface area contributed by atoms with Crippen LogP contribution in [0.15, 0.2) is 23.8 Å². The van der Waals surface area contributed by atoms with Crippen molar-refractivity contribution in [2.45, 2.75) is 50.0 Å². The summed E-state index contributed by atoms with van der Waals surface area (Å²) >= 11 is 0. The minimum atomic E-state index is -4.94. The lowest BCUT2D eigenvalue weighted by atomic mass is 9.99. The number of hydrogen-bond acceptors (Lipinski definition) is 16. The van der Waals surface area contributed by atoms with Gasteiger partial charge in [-0.25, -0.2) is 33.7 Å². The summed E-state index contributed by atoms with van der Waals surface area (Å²) in [5, 5.41) is 21.6. The van der Waals surface area contributed by atoms with E-state index in [0.717, 1.165) is 0 Å². The van der Waals surface area contributed by atoms with E-state index in [-0.39, 0.29) is 40.4 Å². The Morgan fingerprint density at radius 3 is 2.67 bits per heavy atom. The Balaban J connectivity index is 1.22. The summed E-state index contributed by atoms with van der Waals surface area (Å²) in [6.07, 6.45) is -2.98. The van der Waals surface area contributed by atoms with E-state index < -0.39 is 92.0 Å². The number of aromatic amines is 1. The third kappa shape index (κ3) is 5.39. The van der Waals surface area contributed by atoms with Crippen LogP contribution in [-0.4, -0.2) is 107 Å². The summed E-state index contributed by atoms with van der Waals surface area (Å²) < 4.78 is 67.4. The first-order chi connectivity index (χ1) is 21.9. The molecule has 3 fully saturated rings. The number of aryl methyl sites for hydroxylation is 1. The molecule has 7 rings (SSSR count). The molecule has 248 valence electrons. The number of nitrogen functional groups attached to an aromatic ring is 1. The Morgan fingerprint density at radius 2 is 1.89 bits per heavy atom. The Kier molecular flexibility index (Phi) is 7.70. The predicted molar refractivity (Wildman–Crippen MR) is 153 cm³/mol. The maximum Gasteiger partial charge on any atom is 0.472 e. The molecule has 21 nitrogen and oxygen atoms in total. The Morgan fingerprint density at radius 1 is 1.13 bits per heavy atom. The van der Waals surface area contributed by atoms with Gasteiger partial charge in [0, 0.05) is 18.4 Å². The lowest BCUT2D eigenvalue weighted by molar-refractivity contribution is -0.0523. The number of imidazole rings is 2. The summed E-state index contributed by atoms with van der Waals surface area (Å²) in [6, 6.07) is -0.830. The second-order valence-corrected chi connectivity index (χ2v) is 14.0. The SMILES string of the molecule is Cc1nc2c(ncn2C2OC3COP(=O)(O)OC4C(CNS(=O)(=O)OC2C3CO)CC(n2cnc3c(N)ncnc32)C4O)c(=O)[nH]1. The summed E-state index contributed by atoms with van der Waals surface area (Å²) in [5.74, 6) is -1.64. The van der Waals surface area contributed by atoms with E-state index in [1.807, 2.05) is 0 Å². The number of phosphoric ester groups is 1. The second-order valence-electron chi connectivity index (χ2n) is 11.2. The second kappa shape index (κ2) is 11.4. The fourth-order valence-electron chi connectivity index (χ4n) is 6.29. The number of ether oxygens (including phenoxy) is 1. The van der Waals surface area contributed by atoms with Crippen LogP contribution in [-0.2, 0) is 32.8 Å². The number of aliphatic hydroxyl groups excluding tert-OH is 2. The third-order valence-electron chi connectivity index (χ3n) is 8.43. The van der Waals surface area contributed by atoms with Crippen molar-refractivity contribution in [1.29, 1.82) is 0 Å². The van der Waals surface area contributed by atoms with E-state index >= 15 is 0 Å². The van der Waals surface area contributed by atoms with Crippen LogP contribution < -0.4 is 16.0 Å². The molecular formula is C23H29N10O11PS. The van der Waals surface area contributed by atoms with Crippen molar-refractivity contribution >= 4 is 46.3 Å². The molecule has 2 aliphatic heterocycles. The van der Waals surface area contributed by atoms with Crippen molar-refractivity contribution in [3.8, 4) is 0 Å². The molecule has 46 heavy (non-hydrogen) atoms. The molecule has 9 unspecified atom stereocenters. The quantitative estimate of drug-likeness (QED) is 0.127.